The van der Waals surface area contributed by atoms with Crippen molar-refractivity contribution in [2.24, 2.45) is 0 Å². The van der Waals surface area contributed by atoms with Crippen molar-refractivity contribution < 1.29 is 168 Å². The van der Waals surface area contributed by atoms with E-state index >= 15 is 0 Å². The summed E-state index contributed by atoms with van der Waals surface area (Å²) >= 11 is 0. The van der Waals surface area contributed by atoms with Crippen LogP contribution in [-0.4, -0.2) is 127 Å². The van der Waals surface area contributed by atoms with E-state index < -0.39 is 94.6 Å². The van der Waals surface area contributed by atoms with Gasteiger partial charge >= 0.3 is 88.7 Å². The molecule has 10 atom stereocenters. The first-order chi connectivity index (χ1) is 15.1. The summed E-state index contributed by atoms with van der Waals surface area (Å²) in [6.45, 7) is -1.22. The van der Waals surface area contributed by atoms with Crippen LogP contribution >= 0.6 is 0 Å². The van der Waals surface area contributed by atoms with Gasteiger partial charge < -0.3 is 58.4 Å². The Labute approximate surface area is 271 Å². The molecule has 23 heteroatoms. The van der Waals surface area contributed by atoms with Gasteiger partial charge in [0.25, 0.3) is 0 Å². The van der Waals surface area contributed by atoms with Crippen LogP contribution in [0.5, 0.6) is 0 Å². The summed E-state index contributed by atoms with van der Waals surface area (Å²) in [6, 6.07) is -2.16. The third-order valence-electron chi connectivity index (χ3n) is 4.66. The fourth-order valence-electron chi connectivity index (χ4n) is 3.16. The summed E-state index contributed by atoms with van der Waals surface area (Å²) in [5.41, 5.74) is 0. The van der Waals surface area contributed by atoms with Crippen molar-refractivity contribution in [2.45, 2.75) is 61.3 Å². The molecule has 2 rings (SSSR count). The van der Waals surface area contributed by atoms with Crippen molar-refractivity contribution in [1.82, 2.24) is 4.72 Å². The standard InChI is InChI=1S/C13H23NO17S2.3Na/c1-27-13-8(18)7(17)9(10(31-13)11(19)20)30-12-4(14-32(21,22)23)6(16)5(15)3(29-12)2-28-33(24,25)26;;;/h3-10,12-18H,2H2,1H3,(H,19,20)(H,21,22,23)(H,24,25,26);;;/q;3*+1/p-3/t3-,4-,5-,6-,7-,8-,9+,10+,12-,13-;;;/m1.../s1. The Morgan fingerprint density at radius 2 is 1.47 bits per heavy atom. The van der Waals surface area contributed by atoms with E-state index in [4.69, 9.17) is 14.2 Å². The molecular formula is C13H20NNa3O17S2. The van der Waals surface area contributed by atoms with Gasteiger partial charge in [0.05, 0.1) is 12.6 Å². The van der Waals surface area contributed by atoms with E-state index in [1.165, 1.54) is 4.72 Å². The summed E-state index contributed by atoms with van der Waals surface area (Å²) < 4.78 is 90.5. The van der Waals surface area contributed by atoms with Crippen LogP contribution < -0.4 is 98.5 Å². The van der Waals surface area contributed by atoms with E-state index in [-0.39, 0.29) is 88.7 Å². The van der Waals surface area contributed by atoms with Crippen LogP contribution in [0, 0.1) is 0 Å². The summed E-state index contributed by atoms with van der Waals surface area (Å²) in [5.74, 6) is -2.00. The molecule has 194 valence electrons. The Balaban J connectivity index is 0. The Hall–Kier alpha value is 1.89. The van der Waals surface area contributed by atoms with Crippen molar-refractivity contribution in [3.05, 3.63) is 0 Å². The quantitative estimate of drug-likeness (QED) is 0.0939. The van der Waals surface area contributed by atoms with Crippen LogP contribution in [0.15, 0.2) is 0 Å². The van der Waals surface area contributed by atoms with E-state index in [0.717, 1.165) is 7.11 Å². The van der Waals surface area contributed by atoms with Crippen molar-refractivity contribution in [3.8, 4) is 0 Å². The van der Waals surface area contributed by atoms with E-state index in [9.17, 15) is 56.3 Å². The van der Waals surface area contributed by atoms with Crippen LogP contribution in [0.4, 0.5) is 0 Å². The van der Waals surface area contributed by atoms with Crippen LogP contribution in [-0.2, 0) is 48.6 Å². The van der Waals surface area contributed by atoms with E-state index in [2.05, 4.69) is 8.92 Å². The van der Waals surface area contributed by atoms with E-state index in [1.807, 2.05) is 0 Å². The van der Waals surface area contributed by atoms with Gasteiger partial charge in [0.15, 0.2) is 22.9 Å². The molecule has 0 unspecified atom stereocenters. The molecule has 36 heavy (non-hydrogen) atoms. The average Bonchev–Trinajstić information content (AvgIpc) is 2.68. The number of carbonyl (C=O) groups is 1. The number of aliphatic hydroxyl groups excluding tert-OH is 4. The van der Waals surface area contributed by atoms with Crippen molar-refractivity contribution in [3.63, 3.8) is 0 Å². The summed E-state index contributed by atoms with van der Waals surface area (Å²) in [5, 5.41) is 52.0. The van der Waals surface area contributed by atoms with Gasteiger partial charge in [-0.15, -0.1) is 0 Å². The number of carboxylic acids is 1. The van der Waals surface area contributed by atoms with Gasteiger partial charge in [-0.25, -0.2) is 21.6 Å². The van der Waals surface area contributed by atoms with Gasteiger partial charge in [-0.1, -0.05) is 0 Å². The van der Waals surface area contributed by atoms with Crippen LogP contribution in [0.3, 0.4) is 0 Å². The number of aliphatic carboxylic acids is 1. The maximum Gasteiger partial charge on any atom is 1.00 e. The van der Waals surface area contributed by atoms with E-state index in [0.29, 0.717) is 0 Å². The Kier molecular flexibility index (Phi) is 18.2. The van der Waals surface area contributed by atoms with Gasteiger partial charge in [0.1, 0.15) is 48.8 Å². The molecule has 0 radical (unpaired) electrons. The Morgan fingerprint density at radius 1 is 0.917 bits per heavy atom. The molecule has 2 heterocycles. The zero-order chi connectivity index (χ0) is 25.3. The molecule has 0 bridgehead atoms. The molecule has 2 fully saturated rings. The Bertz CT molecular complexity index is 907. The zero-order valence-corrected chi connectivity index (χ0v) is 27.0. The first-order valence-electron chi connectivity index (χ1n) is 8.81. The molecule has 0 aromatic carbocycles. The molecular weight excluding hydrogens is 575 g/mol. The molecule has 0 spiro atoms. The van der Waals surface area contributed by atoms with Crippen LogP contribution in [0.2, 0.25) is 0 Å². The molecule has 18 nitrogen and oxygen atoms in total. The summed E-state index contributed by atoms with van der Waals surface area (Å²) in [7, 11) is -9.68. The Morgan fingerprint density at radius 3 is 1.92 bits per heavy atom. The van der Waals surface area contributed by atoms with Gasteiger partial charge in [-0.05, 0) is 0 Å². The minimum Gasteiger partial charge on any atom is -0.735 e. The van der Waals surface area contributed by atoms with Crippen molar-refractivity contribution in [2.75, 3.05) is 13.7 Å². The number of methoxy groups -OCH3 is 1. The molecule has 2 saturated heterocycles. The van der Waals surface area contributed by atoms with Gasteiger partial charge in [0.2, 0.25) is 10.4 Å². The van der Waals surface area contributed by atoms with Crippen LogP contribution in [0.1, 0.15) is 0 Å². The number of carboxylic acid groups (broad SMARTS) is 1. The molecule has 0 amide bonds. The summed E-state index contributed by atoms with van der Waals surface area (Å²) in [4.78, 5) is 11.4. The second-order valence-electron chi connectivity index (χ2n) is 6.88. The second-order valence-corrected chi connectivity index (χ2v) is 9.07. The number of hydrogen-bond donors (Lipinski definition) is 5. The molecule has 0 aromatic heterocycles. The maximum atomic E-state index is 11.4. The number of rotatable bonds is 9. The monoisotopic (exact) mass is 595 g/mol. The molecule has 0 saturated carbocycles. The molecule has 0 aliphatic carbocycles. The topological polar surface area (TPSA) is 294 Å². The fraction of sp³-hybridized carbons (Fsp3) is 0.923. The minimum absolute atomic E-state index is 0. The number of hydrogen-bond acceptors (Lipinski definition) is 17. The zero-order valence-electron chi connectivity index (χ0n) is 19.4. The number of ether oxygens (including phenoxy) is 4. The summed E-state index contributed by atoms with van der Waals surface area (Å²) in [6.07, 6.45) is -18.5. The third kappa shape index (κ3) is 11.0. The van der Waals surface area contributed by atoms with Gasteiger partial charge in [-0.3, -0.25) is 4.18 Å². The minimum atomic E-state index is -5.37. The molecule has 5 N–H and O–H groups in total. The molecule has 2 aliphatic rings. The number of aliphatic hydroxyl groups is 4. The predicted molar refractivity (Wildman–Crippen MR) is 90.5 cm³/mol. The normalized spacial score (nSPS) is 37.1. The SMILES string of the molecule is CO[C@@H]1O[C@H](C(=O)[O-])[C@@H](O[C@H]2O[C@H](COS(=O)(=O)[O-])[C@@H](O)[C@H](O)[C@H]2NS(=O)(=O)[O-])[C@H](O)[C@H]1O.[Na+].[Na+].[Na+]. The molecule has 0 aromatic rings. The molecule has 2 aliphatic heterocycles. The van der Waals surface area contributed by atoms with Gasteiger partial charge in [-0.2, -0.15) is 0 Å². The largest absolute Gasteiger partial charge is 1.00 e. The fourth-order valence-corrected chi connectivity index (χ4v) is 4.04. The van der Waals surface area contributed by atoms with Gasteiger partial charge in [0, 0.05) is 7.11 Å². The first kappa shape index (κ1) is 40.0. The van der Waals surface area contributed by atoms with Crippen LogP contribution in [0.25, 0.3) is 0 Å². The van der Waals surface area contributed by atoms with E-state index in [1.54, 1.807) is 0 Å². The number of carbonyl (C=O) groups excluding carboxylic acids is 1. The third-order valence-corrected chi connectivity index (χ3v) is 5.64. The first-order valence-corrected chi connectivity index (χ1v) is 11.6. The smallest absolute Gasteiger partial charge is 0.735 e. The average molecular weight is 595 g/mol. The number of nitrogens with one attached hydrogen (secondary N) is 1. The maximum absolute atomic E-state index is 11.4. The second kappa shape index (κ2) is 16.4. The van der Waals surface area contributed by atoms with Crippen molar-refractivity contribution in [1.29, 1.82) is 0 Å². The predicted octanol–water partition coefficient (Wildman–Crippen LogP) is -16.4. The van der Waals surface area contributed by atoms with Crippen molar-refractivity contribution >= 4 is 26.7 Å².